The molecule has 1 atom stereocenters. The van der Waals surface area contributed by atoms with E-state index >= 15 is 0 Å². The Bertz CT molecular complexity index is 1050. The summed E-state index contributed by atoms with van der Waals surface area (Å²) in [7, 11) is 0. The number of nitrogens with zero attached hydrogens (tertiary/aromatic N) is 5. The topological polar surface area (TPSA) is 57.2 Å². The van der Waals surface area contributed by atoms with Gasteiger partial charge >= 0.3 is 0 Å². The number of hydrogen-bond donors (Lipinski definition) is 1. The largest absolute Gasteiger partial charge is 0.341 e. The molecule has 0 radical (unpaired) electrons. The van der Waals surface area contributed by atoms with Gasteiger partial charge in [0.15, 0.2) is 0 Å². The van der Waals surface area contributed by atoms with Crippen LogP contribution in [0.2, 0.25) is 0 Å². The lowest BCUT2D eigenvalue weighted by Gasteiger charge is -2.35. The van der Waals surface area contributed by atoms with E-state index in [0.29, 0.717) is 31.0 Å². The highest BCUT2D eigenvalue weighted by Gasteiger charge is 2.25. The van der Waals surface area contributed by atoms with Crippen molar-refractivity contribution >= 4 is 11.9 Å². The third-order valence-corrected chi connectivity index (χ3v) is 6.04. The zero-order valence-electron chi connectivity index (χ0n) is 19.4. The highest BCUT2D eigenvalue weighted by Crippen LogP contribution is 2.26. The molecule has 176 valence electrons. The van der Waals surface area contributed by atoms with Crippen molar-refractivity contribution in [2.24, 2.45) is 0 Å². The Labute approximate surface area is 200 Å². The summed E-state index contributed by atoms with van der Waals surface area (Å²) in [5.41, 5.74) is 2.23. The van der Waals surface area contributed by atoms with Crippen LogP contribution in [-0.4, -0.2) is 47.2 Å². The molecule has 6 nitrogen and oxygen atoms in total. The molecule has 0 bridgehead atoms. The molecule has 2 heterocycles. The van der Waals surface area contributed by atoms with Gasteiger partial charge in [0.2, 0.25) is 11.9 Å². The van der Waals surface area contributed by atoms with Gasteiger partial charge in [0.1, 0.15) is 12.1 Å². The summed E-state index contributed by atoms with van der Waals surface area (Å²) in [5.74, 6) is 1.10. The third kappa shape index (κ3) is 5.85. The molecular formula is C27H31FN6. The standard InChI is InChI=1S/C27H31FN6/c1-3-16-33(17-4-2)26-29-20-30-27(32-26)34-18-14-24(15-19-34)31-25(21-8-6-5-7-9-21)22-10-12-23(28)13-11-22/h3-13,20,24-25,31H,1-2,14-19H2. The monoisotopic (exact) mass is 458 g/mol. The van der Waals surface area contributed by atoms with E-state index in [1.807, 2.05) is 47.4 Å². The molecule has 0 amide bonds. The lowest BCUT2D eigenvalue weighted by molar-refractivity contribution is 0.388. The van der Waals surface area contributed by atoms with Crippen molar-refractivity contribution < 1.29 is 4.39 Å². The van der Waals surface area contributed by atoms with Gasteiger partial charge in [0, 0.05) is 32.2 Å². The highest BCUT2D eigenvalue weighted by atomic mass is 19.1. The maximum absolute atomic E-state index is 13.5. The molecule has 7 heteroatoms. The van der Waals surface area contributed by atoms with Crippen molar-refractivity contribution in [2.45, 2.75) is 24.9 Å². The van der Waals surface area contributed by atoms with E-state index in [2.05, 4.69) is 45.5 Å². The molecule has 2 aromatic carbocycles. The van der Waals surface area contributed by atoms with Crippen LogP contribution in [0, 0.1) is 5.82 Å². The highest BCUT2D eigenvalue weighted by molar-refractivity contribution is 5.39. The van der Waals surface area contributed by atoms with E-state index in [0.717, 1.165) is 31.5 Å². The molecule has 0 saturated carbocycles. The van der Waals surface area contributed by atoms with Crippen LogP contribution < -0.4 is 15.1 Å². The first kappa shape index (κ1) is 23.6. The Morgan fingerprint density at radius 2 is 1.62 bits per heavy atom. The molecule has 1 aliphatic heterocycles. The van der Waals surface area contributed by atoms with Gasteiger partial charge < -0.3 is 15.1 Å². The maximum Gasteiger partial charge on any atom is 0.230 e. The van der Waals surface area contributed by atoms with Crippen LogP contribution >= 0.6 is 0 Å². The molecule has 1 N–H and O–H groups in total. The van der Waals surface area contributed by atoms with E-state index in [4.69, 9.17) is 4.98 Å². The minimum Gasteiger partial charge on any atom is -0.341 e. The van der Waals surface area contributed by atoms with E-state index in [9.17, 15) is 4.39 Å². The van der Waals surface area contributed by atoms with Gasteiger partial charge in [-0.15, -0.1) is 13.2 Å². The summed E-state index contributed by atoms with van der Waals surface area (Å²) in [6, 6.07) is 17.4. The fraction of sp³-hybridized carbons (Fsp3) is 0.296. The van der Waals surface area contributed by atoms with Crippen LogP contribution in [0.15, 0.2) is 86.2 Å². The second-order valence-electron chi connectivity index (χ2n) is 8.39. The van der Waals surface area contributed by atoms with Gasteiger partial charge in [0.25, 0.3) is 0 Å². The predicted molar refractivity (Wildman–Crippen MR) is 135 cm³/mol. The minimum absolute atomic E-state index is 0.00786. The van der Waals surface area contributed by atoms with Crippen molar-refractivity contribution in [1.29, 1.82) is 0 Å². The minimum atomic E-state index is -0.222. The van der Waals surface area contributed by atoms with Gasteiger partial charge in [-0.25, -0.2) is 14.4 Å². The first-order valence-electron chi connectivity index (χ1n) is 11.6. The van der Waals surface area contributed by atoms with Crippen LogP contribution in [-0.2, 0) is 0 Å². The molecular weight excluding hydrogens is 427 g/mol. The molecule has 0 spiro atoms. The Morgan fingerprint density at radius 1 is 0.971 bits per heavy atom. The van der Waals surface area contributed by atoms with Gasteiger partial charge in [-0.2, -0.15) is 4.98 Å². The second kappa shape index (κ2) is 11.5. The summed E-state index contributed by atoms with van der Waals surface area (Å²) in [6.07, 6.45) is 7.13. The number of anilines is 2. The SMILES string of the molecule is C=CCN(CC=C)c1ncnc(N2CCC(NC(c3ccccc3)c3ccc(F)cc3)CC2)n1. The lowest BCUT2D eigenvalue weighted by Crippen LogP contribution is -2.44. The summed E-state index contributed by atoms with van der Waals surface area (Å²) in [5, 5.41) is 3.81. The first-order valence-corrected chi connectivity index (χ1v) is 11.6. The van der Waals surface area contributed by atoms with Crippen molar-refractivity contribution in [3.63, 3.8) is 0 Å². The fourth-order valence-electron chi connectivity index (χ4n) is 4.30. The van der Waals surface area contributed by atoms with E-state index < -0.39 is 0 Å². The van der Waals surface area contributed by atoms with E-state index in [-0.39, 0.29) is 11.9 Å². The van der Waals surface area contributed by atoms with Crippen LogP contribution in [0.1, 0.15) is 30.0 Å². The molecule has 1 saturated heterocycles. The average molecular weight is 459 g/mol. The maximum atomic E-state index is 13.5. The number of rotatable bonds is 10. The van der Waals surface area contributed by atoms with Crippen molar-refractivity contribution in [1.82, 2.24) is 20.3 Å². The van der Waals surface area contributed by atoms with Crippen molar-refractivity contribution in [3.8, 4) is 0 Å². The Morgan fingerprint density at radius 3 is 2.26 bits per heavy atom. The van der Waals surface area contributed by atoms with Gasteiger partial charge in [-0.05, 0) is 36.1 Å². The third-order valence-electron chi connectivity index (χ3n) is 6.04. The number of aromatic nitrogens is 3. The van der Waals surface area contributed by atoms with Crippen LogP contribution in [0.3, 0.4) is 0 Å². The summed E-state index contributed by atoms with van der Waals surface area (Å²) >= 11 is 0. The molecule has 1 unspecified atom stereocenters. The fourth-order valence-corrected chi connectivity index (χ4v) is 4.30. The Hall–Kier alpha value is -3.58. The molecule has 4 rings (SSSR count). The zero-order valence-corrected chi connectivity index (χ0v) is 19.4. The van der Waals surface area contributed by atoms with Crippen LogP contribution in [0.25, 0.3) is 0 Å². The molecule has 3 aromatic rings. The van der Waals surface area contributed by atoms with E-state index in [1.165, 1.54) is 17.7 Å². The Balaban J connectivity index is 1.43. The first-order chi connectivity index (χ1) is 16.7. The normalized spacial score (nSPS) is 15.0. The molecule has 1 fully saturated rings. The summed E-state index contributed by atoms with van der Waals surface area (Å²) in [6.45, 7) is 10.6. The molecule has 0 aliphatic carbocycles. The molecule has 1 aromatic heterocycles. The molecule has 1 aliphatic rings. The lowest BCUT2D eigenvalue weighted by atomic mass is 9.95. The van der Waals surface area contributed by atoms with Gasteiger partial charge in [-0.3, -0.25) is 0 Å². The van der Waals surface area contributed by atoms with Crippen molar-refractivity contribution in [3.05, 3.63) is 103 Å². The summed E-state index contributed by atoms with van der Waals surface area (Å²) in [4.78, 5) is 17.7. The summed E-state index contributed by atoms with van der Waals surface area (Å²) < 4.78 is 13.5. The second-order valence-corrected chi connectivity index (χ2v) is 8.39. The van der Waals surface area contributed by atoms with Crippen LogP contribution in [0.4, 0.5) is 16.3 Å². The van der Waals surface area contributed by atoms with E-state index in [1.54, 1.807) is 6.33 Å². The van der Waals surface area contributed by atoms with Gasteiger partial charge in [-0.1, -0.05) is 54.6 Å². The van der Waals surface area contributed by atoms with Gasteiger partial charge in [0.05, 0.1) is 6.04 Å². The number of benzene rings is 2. The number of nitrogens with one attached hydrogen (secondary N) is 1. The number of piperidine rings is 1. The number of halogens is 1. The quantitative estimate of drug-likeness (QED) is 0.450. The predicted octanol–water partition coefficient (Wildman–Crippen LogP) is 4.54. The zero-order chi connectivity index (χ0) is 23.8. The average Bonchev–Trinajstić information content (AvgIpc) is 2.89. The van der Waals surface area contributed by atoms with Crippen molar-refractivity contribution in [2.75, 3.05) is 36.0 Å². The molecule has 34 heavy (non-hydrogen) atoms. The smallest absolute Gasteiger partial charge is 0.230 e. The Kier molecular flexibility index (Phi) is 7.99. The number of hydrogen-bond acceptors (Lipinski definition) is 6. The van der Waals surface area contributed by atoms with Crippen LogP contribution in [0.5, 0.6) is 0 Å².